The smallest absolute Gasteiger partial charge is 0.390 e. The van der Waals surface area contributed by atoms with Crippen LogP contribution in [0.4, 0.5) is 13.2 Å². The number of halogens is 3. The summed E-state index contributed by atoms with van der Waals surface area (Å²) in [6, 6.07) is 8.89. The van der Waals surface area contributed by atoms with Gasteiger partial charge >= 0.3 is 12.1 Å². The lowest BCUT2D eigenvalue weighted by molar-refractivity contribution is -0.152. The summed E-state index contributed by atoms with van der Waals surface area (Å²) in [6.45, 7) is -1.20. The third-order valence-corrected chi connectivity index (χ3v) is 3.36. The molecule has 0 fully saturated rings. The van der Waals surface area contributed by atoms with Crippen molar-refractivity contribution in [3.05, 3.63) is 42.2 Å². The number of fused-ring (bicyclic) bond motifs is 1. The summed E-state index contributed by atoms with van der Waals surface area (Å²) in [4.78, 5) is 24.2. The molecule has 0 aliphatic heterocycles. The lowest BCUT2D eigenvalue weighted by Crippen LogP contribution is -2.37. The quantitative estimate of drug-likeness (QED) is 0.589. The summed E-state index contributed by atoms with van der Waals surface area (Å²) in [6.07, 6.45) is -3.23. The summed E-state index contributed by atoms with van der Waals surface area (Å²) in [5.41, 5.74) is 0.623. The first kappa shape index (κ1) is 18.6. The van der Waals surface area contributed by atoms with Crippen molar-refractivity contribution in [3.8, 4) is 0 Å². The van der Waals surface area contributed by atoms with Gasteiger partial charge in [0.25, 0.3) is 0 Å². The van der Waals surface area contributed by atoms with Crippen LogP contribution < -0.4 is 0 Å². The van der Waals surface area contributed by atoms with Crippen molar-refractivity contribution in [1.82, 2.24) is 4.90 Å². The Morgan fingerprint density at radius 1 is 1.28 bits per heavy atom. The molecule has 0 radical (unpaired) electrons. The molecule has 1 aromatic heterocycles. The Kier molecular flexibility index (Phi) is 5.84. The van der Waals surface area contributed by atoms with Gasteiger partial charge in [-0.3, -0.25) is 9.59 Å². The monoisotopic (exact) mass is 355 g/mol. The zero-order valence-electron chi connectivity index (χ0n) is 13.4. The molecule has 1 aromatic carbocycles. The van der Waals surface area contributed by atoms with Crippen LogP contribution in [0.25, 0.3) is 17.0 Å². The second-order valence-corrected chi connectivity index (χ2v) is 5.22. The molecule has 0 bridgehead atoms. The van der Waals surface area contributed by atoms with Gasteiger partial charge in [0.05, 0.1) is 13.5 Å². The number of para-hydroxylation sites is 1. The third kappa shape index (κ3) is 5.66. The Morgan fingerprint density at radius 3 is 2.64 bits per heavy atom. The number of nitrogens with zero attached hydrogens (tertiary/aromatic N) is 1. The molecule has 8 heteroatoms. The number of hydrogen-bond acceptors (Lipinski definition) is 4. The maximum atomic E-state index is 12.4. The molecule has 5 nitrogen and oxygen atoms in total. The SMILES string of the molecule is COC(=O)CN(CCC(F)(F)F)C(=O)C=Cc1cc2ccccc2o1. The van der Waals surface area contributed by atoms with Crippen LogP contribution in [-0.2, 0) is 14.3 Å². The highest BCUT2D eigenvalue weighted by Crippen LogP contribution is 2.21. The molecule has 0 saturated heterocycles. The molecule has 0 atom stereocenters. The number of rotatable bonds is 6. The minimum absolute atomic E-state index is 0.378. The molecule has 0 saturated carbocycles. The highest BCUT2D eigenvalue weighted by Gasteiger charge is 2.29. The van der Waals surface area contributed by atoms with Crippen molar-refractivity contribution in [3.63, 3.8) is 0 Å². The highest BCUT2D eigenvalue weighted by atomic mass is 19.4. The van der Waals surface area contributed by atoms with Crippen LogP contribution in [0.15, 0.2) is 40.8 Å². The van der Waals surface area contributed by atoms with E-state index in [2.05, 4.69) is 4.74 Å². The average molecular weight is 355 g/mol. The lowest BCUT2D eigenvalue weighted by Gasteiger charge is -2.20. The predicted molar refractivity (Wildman–Crippen MR) is 84.5 cm³/mol. The molecule has 0 spiro atoms. The zero-order valence-corrected chi connectivity index (χ0v) is 13.4. The fraction of sp³-hybridized carbons (Fsp3) is 0.294. The van der Waals surface area contributed by atoms with Crippen LogP contribution in [-0.4, -0.2) is 43.2 Å². The molecule has 0 aliphatic rings. The number of ether oxygens (including phenoxy) is 1. The van der Waals surface area contributed by atoms with Gasteiger partial charge < -0.3 is 14.1 Å². The minimum Gasteiger partial charge on any atom is -0.468 e. The van der Waals surface area contributed by atoms with Crippen molar-refractivity contribution < 1.29 is 31.9 Å². The lowest BCUT2D eigenvalue weighted by atomic mass is 10.2. The average Bonchev–Trinajstić information content (AvgIpc) is 2.98. The number of carbonyl (C=O) groups excluding carboxylic acids is 2. The molecule has 1 heterocycles. The van der Waals surface area contributed by atoms with Crippen LogP contribution in [0, 0.1) is 0 Å². The molecule has 25 heavy (non-hydrogen) atoms. The Hall–Kier alpha value is -2.77. The van der Waals surface area contributed by atoms with Gasteiger partial charge in [-0.05, 0) is 18.2 Å². The van der Waals surface area contributed by atoms with E-state index in [0.717, 1.165) is 23.5 Å². The zero-order chi connectivity index (χ0) is 18.4. The number of furan rings is 1. The second-order valence-electron chi connectivity index (χ2n) is 5.22. The van der Waals surface area contributed by atoms with Crippen LogP contribution in [0.3, 0.4) is 0 Å². The van der Waals surface area contributed by atoms with Crippen LogP contribution in [0.2, 0.25) is 0 Å². The standard InChI is InChI=1S/C17H16F3NO4/c1-24-16(23)11-21(9-8-17(18,19)20)15(22)7-6-13-10-12-4-2-3-5-14(12)25-13/h2-7,10H,8-9,11H2,1H3. The summed E-state index contributed by atoms with van der Waals surface area (Å²) >= 11 is 0. The van der Waals surface area contributed by atoms with Crippen molar-refractivity contribution >= 4 is 28.9 Å². The molecule has 2 aromatic rings. The van der Waals surface area contributed by atoms with Gasteiger partial charge in [-0.1, -0.05) is 18.2 Å². The highest BCUT2D eigenvalue weighted by molar-refractivity contribution is 5.94. The van der Waals surface area contributed by atoms with E-state index in [9.17, 15) is 22.8 Å². The largest absolute Gasteiger partial charge is 0.468 e. The molecule has 134 valence electrons. The summed E-state index contributed by atoms with van der Waals surface area (Å²) < 4.78 is 47.0. The molecule has 2 rings (SSSR count). The first-order valence-electron chi connectivity index (χ1n) is 7.37. The van der Waals surface area contributed by atoms with E-state index >= 15 is 0 Å². The maximum Gasteiger partial charge on any atom is 0.390 e. The van der Waals surface area contributed by atoms with Crippen molar-refractivity contribution in [2.75, 3.05) is 20.2 Å². The Bertz CT molecular complexity index is 747. The Labute approximate surface area is 141 Å². The number of hydrogen-bond donors (Lipinski definition) is 0. The van der Waals surface area contributed by atoms with E-state index < -0.39 is 37.6 Å². The number of methoxy groups -OCH3 is 1. The normalized spacial score (nSPS) is 11.8. The van der Waals surface area contributed by atoms with Crippen molar-refractivity contribution in [2.24, 2.45) is 0 Å². The van der Waals surface area contributed by atoms with E-state index in [1.807, 2.05) is 12.1 Å². The first-order chi connectivity index (χ1) is 11.8. The van der Waals surface area contributed by atoms with Gasteiger partial charge in [-0.15, -0.1) is 0 Å². The molecule has 1 amide bonds. The fourth-order valence-electron chi connectivity index (χ4n) is 2.09. The van der Waals surface area contributed by atoms with Crippen LogP contribution in [0.5, 0.6) is 0 Å². The first-order valence-corrected chi connectivity index (χ1v) is 7.37. The van der Waals surface area contributed by atoms with Crippen molar-refractivity contribution in [2.45, 2.75) is 12.6 Å². The van der Waals surface area contributed by atoms with Gasteiger partial charge in [-0.2, -0.15) is 13.2 Å². The van der Waals surface area contributed by atoms with Gasteiger partial charge in [0.15, 0.2) is 0 Å². The van der Waals surface area contributed by atoms with E-state index in [1.165, 1.54) is 6.08 Å². The number of benzene rings is 1. The van der Waals surface area contributed by atoms with E-state index in [1.54, 1.807) is 18.2 Å². The summed E-state index contributed by atoms with van der Waals surface area (Å²) in [5.74, 6) is -1.16. The van der Waals surface area contributed by atoms with E-state index in [4.69, 9.17) is 4.42 Å². The molecule has 0 aliphatic carbocycles. The number of esters is 1. The Morgan fingerprint density at radius 2 is 2.00 bits per heavy atom. The van der Waals surface area contributed by atoms with Crippen molar-refractivity contribution in [1.29, 1.82) is 0 Å². The van der Waals surface area contributed by atoms with E-state index in [-0.39, 0.29) is 0 Å². The number of amides is 1. The second kappa shape index (κ2) is 7.87. The number of carbonyl (C=O) groups is 2. The summed E-state index contributed by atoms with van der Waals surface area (Å²) in [7, 11) is 1.10. The predicted octanol–water partition coefficient (Wildman–Crippen LogP) is 3.40. The maximum absolute atomic E-state index is 12.4. The van der Waals surface area contributed by atoms with Gasteiger partial charge in [-0.25, -0.2) is 0 Å². The fourth-order valence-corrected chi connectivity index (χ4v) is 2.09. The molecule has 0 unspecified atom stereocenters. The molecular weight excluding hydrogens is 339 g/mol. The van der Waals surface area contributed by atoms with Gasteiger partial charge in [0, 0.05) is 18.0 Å². The third-order valence-electron chi connectivity index (χ3n) is 3.36. The summed E-state index contributed by atoms with van der Waals surface area (Å²) in [5, 5.41) is 0.832. The van der Waals surface area contributed by atoms with Crippen LogP contribution >= 0.6 is 0 Å². The topological polar surface area (TPSA) is 59.8 Å². The molecule has 0 N–H and O–H groups in total. The van der Waals surface area contributed by atoms with Gasteiger partial charge in [0.1, 0.15) is 17.9 Å². The van der Waals surface area contributed by atoms with Crippen LogP contribution in [0.1, 0.15) is 12.2 Å². The van der Waals surface area contributed by atoms with Gasteiger partial charge in [0.2, 0.25) is 5.91 Å². The number of alkyl halides is 3. The molecular formula is C17H16F3NO4. The Balaban J connectivity index is 2.09. The minimum atomic E-state index is -4.43. The van der Waals surface area contributed by atoms with E-state index in [0.29, 0.717) is 11.3 Å².